The van der Waals surface area contributed by atoms with Gasteiger partial charge in [0.2, 0.25) is 0 Å². The van der Waals surface area contributed by atoms with Crippen LogP contribution in [0.15, 0.2) is 97.1 Å². The van der Waals surface area contributed by atoms with E-state index in [4.69, 9.17) is 37.4 Å². The van der Waals surface area contributed by atoms with Crippen LogP contribution in [-0.4, -0.2) is 80.3 Å². The molecule has 1 N–H and O–H groups in total. The number of hydrogen-bond donors (Lipinski definition) is 1. The van der Waals surface area contributed by atoms with Crippen molar-refractivity contribution < 1.29 is 23.8 Å². The highest BCUT2D eigenvalue weighted by atomic mass is 35.5. The minimum absolute atomic E-state index is 0.194. The number of carbonyl (C=O) groups excluding carboxylic acids is 2. The average molecular weight is 676 g/mol. The van der Waals surface area contributed by atoms with Gasteiger partial charge in [-0.1, -0.05) is 41.4 Å². The Labute approximate surface area is 284 Å². The number of nitrogens with zero attached hydrogens (tertiary/aromatic N) is 3. The molecule has 0 spiro atoms. The Morgan fingerprint density at radius 1 is 0.766 bits per heavy atom. The van der Waals surface area contributed by atoms with Gasteiger partial charge in [-0.25, -0.2) is 9.59 Å². The fourth-order valence-corrected chi connectivity index (χ4v) is 6.53. The molecular formula is C36H36Cl2N4O5. The normalized spacial score (nSPS) is 18.4. The number of para-hydroxylation sites is 1. The van der Waals surface area contributed by atoms with Crippen LogP contribution in [0, 0.1) is 0 Å². The lowest BCUT2D eigenvalue weighted by molar-refractivity contribution is -0.0290. The summed E-state index contributed by atoms with van der Waals surface area (Å²) in [5.74, 6) is 1.75. The van der Waals surface area contributed by atoms with Crippen molar-refractivity contribution in [3.8, 4) is 17.2 Å². The maximum atomic E-state index is 13.4. The number of halogens is 2. The quantitative estimate of drug-likeness (QED) is 0.194. The number of likely N-dealkylation sites (tertiary alicyclic amines) is 1. The van der Waals surface area contributed by atoms with Crippen molar-refractivity contribution >= 4 is 46.6 Å². The first-order chi connectivity index (χ1) is 22.8. The lowest BCUT2D eigenvalue weighted by Gasteiger charge is -2.46. The van der Waals surface area contributed by atoms with Crippen LogP contribution in [0.1, 0.15) is 16.8 Å². The van der Waals surface area contributed by atoms with Gasteiger partial charge in [-0.15, -0.1) is 0 Å². The third-order valence-electron chi connectivity index (χ3n) is 8.47. The standard InChI is InChI=1S/C36H36Cl2N4O5/c1-45-30-13-9-29(10-14-30)40-17-19-41(20-18-40)33-24-42(36(44)39-28-22-26(37)21-27(38)23-28)16-15-34(33)47-35(43)25-7-11-32(12-8-25)46-31-5-3-2-4-6-31/h2-14,21-23,33-34H,15-20,24H2,1H3,(H,39,44)/t33-,34-/m1/s1. The first kappa shape index (κ1) is 32.5. The van der Waals surface area contributed by atoms with Crippen molar-refractivity contribution in [3.63, 3.8) is 0 Å². The molecule has 0 aliphatic carbocycles. The van der Waals surface area contributed by atoms with Crippen molar-refractivity contribution in [3.05, 3.63) is 113 Å². The Kier molecular flexibility index (Phi) is 10.4. The third-order valence-corrected chi connectivity index (χ3v) is 8.91. The number of methoxy groups -OCH3 is 1. The second-order valence-corrected chi connectivity index (χ2v) is 12.4. The SMILES string of the molecule is COc1ccc(N2CCN([C@@H]3CN(C(=O)Nc4cc(Cl)cc(Cl)c4)CC[C@H]3OC(=O)c3ccc(Oc4ccccc4)cc3)CC2)cc1. The maximum Gasteiger partial charge on any atom is 0.338 e. The minimum Gasteiger partial charge on any atom is -0.497 e. The highest BCUT2D eigenvalue weighted by molar-refractivity contribution is 6.35. The highest BCUT2D eigenvalue weighted by Gasteiger charge is 2.39. The third kappa shape index (κ3) is 8.29. The second kappa shape index (κ2) is 15.0. The molecule has 4 aromatic rings. The van der Waals surface area contributed by atoms with E-state index >= 15 is 0 Å². The first-order valence-electron chi connectivity index (χ1n) is 15.5. The highest BCUT2D eigenvalue weighted by Crippen LogP contribution is 2.28. The van der Waals surface area contributed by atoms with E-state index in [0.29, 0.717) is 52.3 Å². The van der Waals surface area contributed by atoms with Crippen molar-refractivity contribution in [2.24, 2.45) is 0 Å². The summed E-state index contributed by atoms with van der Waals surface area (Å²) in [6, 6.07) is 28.9. The zero-order chi connectivity index (χ0) is 32.8. The molecule has 244 valence electrons. The molecule has 0 bridgehead atoms. The lowest BCUT2D eigenvalue weighted by atomic mass is 9.99. The molecule has 11 heteroatoms. The van der Waals surface area contributed by atoms with Crippen LogP contribution in [0.3, 0.4) is 0 Å². The summed E-state index contributed by atoms with van der Waals surface area (Å²) >= 11 is 12.3. The minimum atomic E-state index is -0.408. The van der Waals surface area contributed by atoms with Gasteiger partial charge in [-0.2, -0.15) is 0 Å². The van der Waals surface area contributed by atoms with E-state index in [1.807, 2.05) is 42.5 Å². The predicted molar refractivity (Wildman–Crippen MR) is 184 cm³/mol. The van der Waals surface area contributed by atoms with Gasteiger partial charge in [-0.05, 0) is 78.9 Å². The molecule has 0 saturated carbocycles. The number of esters is 1. The van der Waals surface area contributed by atoms with Gasteiger partial charge < -0.3 is 29.3 Å². The summed E-state index contributed by atoms with van der Waals surface area (Å²) in [5.41, 5.74) is 2.08. The summed E-state index contributed by atoms with van der Waals surface area (Å²) in [6.07, 6.45) is 0.0912. The monoisotopic (exact) mass is 674 g/mol. The van der Waals surface area contributed by atoms with Gasteiger partial charge >= 0.3 is 12.0 Å². The fourth-order valence-electron chi connectivity index (χ4n) is 6.01. The van der Waals surface area contributed by atoms with Crippen LogP contribution in [0.5, 0.6) is 17.2 Å². The molecule has 47 heavy (non-hydrogen) atoms. The number of nitrogens with one attached hydrogen (secondary N) is 1. The van der Waals surface area contributed by atoms with E-state index in [2.05, 4.69) is 27.2 Å². The van der Waals surface area contributed by atoms with Crippen LogP contribution in [-0.2, 0) is 4.74 Å². The molecule has 0 aromatic heterocycles. The molecule has 0 unspecified atom stereocenters. The van der Waals surface area contributed by atoms with Gasteiger partial charge in [-0.3, -0.25) is 4.90 Å². The van der Waals surface area contributed by atoms with Gasteiger partial charge in [0.05, 0.1) is 18.7 Å². The number of piperidine rings is 1. The van der Waals surface area contributed by atoms with Crippen LogP contribution in [0.2, 0.25) is 10.0 Å². The molecule has 2 aliphatic rings. The average Bonchev–Trinajstić information content (AvgIpc) is 3.09. The molecule has 2 aliphatic heterocycles. The summed E-state index contributed by atoms with van der Waals surface area (Å²) in [6.45, 7) is 3.89. The number of benzene rings is 4. The maximum absolute atomic E-state index is 13.4. The van der Waals surface area contributed by atoms with E-state index in [1.165, 1.54) is 0 Å². The van der Waals surface area contributed by atoms with Crippen molar-refractivity contribution in [2.45, 2.75) is 18.6 Å². The Balaban J connectivity index is 1.14. The van der Waals surface area contributed by atoms with Gasteiger partial charge in [0.1, 0.15) is 23.4 Å². The molecule has 4 aromatic carbocycles. The number of carbonyl (C=O) groups is 2. The molecule has 6 rings (SSSR count). The predicted octanol–water partition coefficient (Wildman–Crippen LogP) is 7.45. The van der Waals surface area contributed by atoms with Gasteiger partial charge in [0, 0.05) is 67.1 Å². The Hall–Kier alpha value is -4.44. The number of piperazine rings is 1. The number of anilines is 2. The number of rotatable bonds is 8. The first-order valence-corrected chi connectivity index (χ1v) is 16.3. The van der Waals surface area contributed by atoms with Crippen LogP contribution in [0.4, 0.5) is 16.2 Å². The Morgan fingerprint density at radius 3 is 2.06 bits per heavy atom. The van der Waals surface area contributed by atoms with E-state index in [1.54, 1.807) is 54.5 Å². The number of ether oxygens (including phenoxy) is 3. The molecule has 2 amide bonds. The number of amides is 2. The van der Waals surface area contributed by atoms with Crippen LogP contribution < -0.4 is 19.7 Å². The Bertz CT molecular complexity index is 1650. The van der Waals surface area contributed by atoms with Crippen molar-refractivity contribution in [1.29, 1.82) is 0 Å². The van der Waals surface area contributed by atoms with E-state index in [-0.39, 0.29) is 12.1 Å². The topological polar surface area (TPSA) is 83.6 Å². The molecule has 2 heterocycles. The van der Waals surface area contributed by atoms with Crippen LogP contribution in [0.25, 0.3) is 0 Å². The molecule has 2 saturated heterocycles. The van der Waals surface area contributed by atoms with E-state index in [0.717, 1.165) is 37.6 Å². The zero-order valence-corrected chi connectivity index (χ0v) is 27.5. The number of urea groups is 1. The summed E-state index contributed by atoms with van der Waals surface area (Å²) in [5, 5.41) is 3.79. The lowest BCUT2D eigenvalue weighted by Crippen LogP contribution is -2.61. The summed E-state index contributed by atoms with van der Waals surface area (Å²) < 4.78 is 17.4. The zero-order valence-electron chi connectivity index (χ0n) is 26.0. The molecule has 2 atom stereocenters. The van der Waals surface area contributed by atoms with Crippen LogP contribution >= 0.6 is 23.2 Å². The number of hydrogen-bond acceptors (Lipinski definition) is 7. The second-order valence-electron chi connectivity index (χ2n) is 11.5. The Morgan fingerprint density at radius 2 is 1.40 bits per heavy atom. The summed E-state index contributed by atoms with van der Waals surface area (Å²) in [4.78, 5) is 33.2. The summed E-state index contributed by atoms with van der Waals surface area (Å²) in [7, 11) is 1.66. The van der Waals surface area contributed by atoms with Crippen molar-refractivity contribution in [2.75, 3.05) is 56.6 Å². The smallest absolute Gasteiger partial charge is 0.338 e. The van der Waals surface area contributed by atoms with E-state index in [9.17, 15) is 9.59 Å². The van der Waals surface area contributed by atoms with E-state index < -0.39 is 12.1 Å². The molecule has 0 radical (unpaired) electrons. The fraction of sp³-hybridized carbons (Fsp3) is 0.278. The van der Waals surface area contributed by atoms with Crippen molar-refractivity contribution in [1.82, 2.24) is 9.80 Å². The largest absolute Gasteiger partial charge is 0.497 e. The van der Waals surface area contributed by atoms with Gasteiger partial charge in [0.15, 0.2) is 0 Å². The molecule has 2 fully saturated rings. The van der Waals surface area contributed by atoms with Gasteiger partial charge in [0.25, 0.3) is 0 Å². The molecule has 9 nitrogen and oxygen atoms in total. The molecular weight excluding hydrogens is 639 g/mol.